The number of halogens is 1. The first-order valence-corrected chi connectivity index (χ1v) is 7.68. The number of nitrogens with zero attached hydrogens (tertiary/aromatic N) is 1. The van der Waals surface area contributed by atoms with E-state index in [4.69, 9.17) is 4.74 Å². The van der Waals surface area contributed by atoms with E-state index in [2.05, 4.69) is 18.8 Å². The summed E-state index contributed by atoms with van der Waals surface area (Å²) in [7, 11) is 0. The molecule has 3 rings (SSSR count). The maximum atomic E-state index is 14.4. The normalized spacial score (nSPS) is 16.0. The number of rotatable bonds is 4. The lowest BCUT2D eigenvalue weighted by Crippen LogP contribution is -2.19. The molecule has 0 aliphatic heterocycles. The van der Waals surface area contributed by atoms with Crippen molar-refractivity contribution in [2.45, 2.75) is 39.0 Å². The lowest BCUT2D eigenvalue weighted by Gasteiger charge is -2.25. The highest BCUT2D eigenvalue weighted by molar-refractivity contribution is 7.18. The van der Waals surface area contributed by atoms with Gasteiger partial charge in [0.25, 0.3) is 0 Å². The van der Waals surface area contributed by atoms with Crippen LogP contribution in [0.2, 0.25) is 0 Å². The molecule has 1 aromatic carbocycles. The van der Waals surface area contributed by atoms with Crippen molar-refractivity contribution in [1.29, 1.82) is 0 Å². The molecule has 19 heavy (non-hydrogen) atoms. The van der Waals surface area contributed by atoms with Gasteiger partial charge in [0.2, 0.25) is 0 Å². The average Bonchev–Trinajstić information content (AvgIpc) is 2.75. The van der Waals surface area contributed by atoms with Crippen LogP contribution in [0, 0.1) is 11.7 Å². The van der Waals surface area contributed by atoms with Crippen molar-refractivity contribution < 1.29 is 9.13 Å². The van der Waals surface area contributed by atoms with E-state index in [1.54, 1.807) is 6.07 Å². The molecule has 0 spiro atoms. The second-order valence-corrected chi connectivity index (χ2v) is 6.57. The summed E-state index contributed by atoms with van der Waals surface area (Å²) in [4.78, 5) is 4.46. The zero-order valence-electron chi connectivity index (χ0n) is 11.3. The van der Waals surface area contributed by atoms with Crippen LogP contribution in [0.4, 0.5) is 4.39 Å². The van der Waals surface area contributed by atoms with Crippen LogP contribution in [0.3, 0.4) is 0 Å². The Labute approximate surface area is 116 Å². The predicted molar refractivity (Wildman–Crippen MR) is 76.5 cm³/mol. The molecule has 0 atom stereocenters. The van der Waals surface area contributed by atoms with Gasteiger partial charge >= 0.3 is 0 Å². The number of aromatic nitrogens is 1. The van der Waals surface area contributed by atoms with Crippen LogP contribution in [0.5, 0.6) is 5.75 Å². The molecule has 0 radical (unpaired) electrons. The van der Waals surface area contributed by atoms with Crippen molar-refractivity contribution in [3.63, 3.8) is 0 Å². The van der Waals surface area contributed by atoms with Gasteiger partial charge in [0.15, 0.2) is 11.6 Å². The van der Waals surface area contributed by atoms with Crippen LogP contribution < -0.4 is 4.74 Å². The Kier molecular flexibility index (Phi) is 3.44. The van der Waals surface area contributed by atoms with Crippen molar-refractivity contribution in [3.8, 4) is 5.75 Å². The summed E-state index contributed by atoms with van der Waals surface area (Å²) in [6.45, 7) is 4.78. The Morgan fingerprint density at radius 2 is 2.21 bits per heavy atom. The van der Waals surface area contributed by atoms with Crippen LogP contribution in [-0.2, 0) is 0 Å². The molecule has 1 heterocycles. The predicted octanol–water partition coefficient (Wildman–Crippen LogP) is 4.74. The number of hydrogen-bond acceptors (Lipinski definition) is 3. The minimum Gasteiger partial charge on any atom is -0.490 e. The second-order valence-electron chi connectivity index (χ2n) is 5.54. The van der Waals surface area contributed by atoms with Gasteiger partial charge in [-0.1, -0.05) is 20.3 Å². The van der Waals surface area contributed by atoms with Crippen molar-refractivity contribution in [1.82, 2.24) is 4.98 Å². The van der Waals surface area contributed by atoms with Gasteiger partial charge in [0, 0.05) is 5.92 Å². The van der Waals surface area contributed by atoms with Gasteiger partial charge in [0.1, 0.15) is 0 Å². The van der Waals surface area contributed by atoms with Gasteiger partial charge in [0.05, 0.1) is 21.8 Å². The maximum absolute atomic E-state index is 14.4. The number of benzene rings is 1. The standard InChI is InChI=1S/C15H18FNOS/c1-9(2)15-17-11-6-7-12(13(16)14(11)19-15)18-8-10-4-3-5-10/h6-7,9-10H,3-5,8H2,1-2H3. The third kappa shape index (κ3) is 2.46. The van der Waals surface area contributed by atoms with Crippen molar-refractivity contribution in [2.75, 3.05) is 6.61 Å². The fourth-order valence-electron chi connectivity index (χ4n) is 2.18. The Balaban J connectivity index is 1.86. The number of thiazole rings is 1. The smallest absolute Gasteiger partial charge is 0.184 e. The highest BCUT2D eigenvalue weighted by Gasteiger charge is 2.20. The lowest BCUT2D eigenvalue weighted by atomic mass is 9.86. The van der Waals surface area contributed by atoms with E-state index in [0.29, 0.717) is 28.9 Å². The molecule has 0 bridgehead atoms. The Morgan fingerprint density at radius 3 is 2.84 bits per heavy atom. The minimum absolute atomic E-state index is 0.249. The molecular formula is C15H18FNOS. The fraction of sp³-hybridized carbons (Fsp3) is 0.533. The molecular weight excluding hydrogens is 261 g/mol. The minimum atomic E-state index is -0.249. The monoisotopic (exact) mass is 279 g/mol. The Hall–Kier alpha value is -1.16. The third-order valence-corrected chi connectivity index (χ3v) is 5.04. The van der Waals surface area contributed by atoms with Crippen LogP contribution in [0.1, 0.15) is 44.0 Å². The first kappa shape index (κ1) is 12.9. The van der Waals surface area contributed by atoms with E-state index >= 15 is 0 Å². The van der Waals surface area contributed by atoms with Gasteiger partial charge < -0.3 is 4.74 Å². The first-order chi connectivity index (χ1) is 9.15. The zero-order chi connectivity index (χ0) is 13.4. The Bertz CT molecular complexity index is 589. The molecule has 2 nitrogen and oxygen atoms in total. The van der Waals surface area contributed by atoms with Crippen LogP contribution in [-0.4, -0.2) is 11.6 Å². The summed E-state index contributed by atoms with van der Waals surface area (Å²) in [6, 6.07) is 3.57. The summed E-state index contributed by atoms with van der Waals surface area (Å²) < 4.78 is 20.6. The van der Waals surface area contributed by atoms with Crippen molar-refractivity contribution in [3.05, 3.63) is 23.0 Å². The number of hydrogen-bond donors (Lipinski definition) is 0. The lowest BCUT2D eigenvalue weighted by molar-refractivity contribution is 0.176. The van der Waals surface area contributed by atoms with Gasteiger partial charge in [-0.25, -0.2) is 9.37 Å². The van der Waals surface area contributed by atoms with E-state index in [1.807, 2.05) is 6.07 Å². The molecule has 1 aromatic heterocycles. The van der Waals surface area contributed by atoms with E-state index in [-0.39, 0.29) is 5.82 Å². The van der Waals surface area contributed by atoms with Gasteiger partial charge in [-0.15, -0.1) is 11.3 Å². The maximum Gasteiger partial charge on any atom is 0.184 e. The summed E-state index contributed by atoms with van der Waals surface area (Å²) >= 11 is 1.43. The first-order valence-electron chi connectivity index (χ1n) is 6.87. The SMILES string of the molecule is CC(C)c1nc2ccc(OCC3CCC3)c(F)c2s1. The van der Waals surface area contributed by atoms with Gasteiger partial charge in [-0.3, -0.25) is 0 Å². The topological polar surface area (TPSA) is 22.1 Å². The number of ether oxygens (including phenoxy) is 1. The Morgan fingerprint density at radius 1 is 1.42 bits per heavy atom. The zero-order valence-corrected chi connectivity index (χ0v) is 12.1. The molecule has 1 aliphatic rings. The van der Waals surface area contributed by atoms with Crippen LogP contribution in [0.25, 0.3) is 10.2 Å². The van der Waals surface area contributed by atoms with Crippen LogP contribution in [0.15, 0.2) is 12.1 Å². The third-order valence-electron chi connectivity index (χ3n) is 3.67. The molecule has 0 N–H and O–H groups in total. The average molecular weight is 279 g/mol. The molecule has 102 valence electrons. The quantitative estimate of drug-likeness (QED) is 0.806. The summed E-state index contributed by atoms with van der Waals surface area (Å²) in [5, 5.41) is 0.977. The van der Waals surface area contributed by atoms with E-state index in [9.17, 15) is 4.39 Å². The van der Waals surface area contributed by atoms with Crippen molar-refractivity contribution in [2.24, 2.45) is 5.92 Å². The van der Waals surface area contributed by atoms with Crippen molar-refractivity contribution >= 4 is 21.6 Å². The molecule has 0 unspecified atom stereocenters. The van der Waals surface area contributed by atoms with E-state index < -0.39 is 0 Å². The molecule has 1 saturated carbocycles. The summed E-state index contributed by atoms with van der Waals surface area (Å²) in [5.74, 6) is 1.07. The number of fused-ring (bicyclic) bond motifs is 1. The van der Waals surface area contributed by atoms with Gasteiger partial charge in [-0.2, -0.15) is 0 Å². The van der Waals surface area contributed by atoms with Gasteiger partial charge in [-0.05, 0) is 30.9 Å². The molecule has 4 heteroatoms. The summed E-state index contributed by atoms with van der Waals surface area (Å²) in [5.41, 5.74) is 0.738. The largest absolute Gasteiger partial charge is 0.490 e. The molecule has 0 saturated heterocycles. The fourth-order valence-corrected chi connectivity index (χ4v) is 3.18. The summed E-state index contributed by atoms with van der Waals surface area (Å²) in [6.07, 6.45) is 3.70. The molecule has 1 fully saturated rings. The van der Waals surface area contributed by atoms with E-state index in [1.165, 1.54) is 30.6 Å². The van der Waals surface area contributed by atoms with E-state index in [0.717, 1.165) is 10.5 Å². The molecule has 1 aliphatic carbocycles. The molecule has 2 aromatic rings. The molecule has 0 amide bonds. The van der Waals surface area contributed by atoms with Crippen LogP contribution >= 0.6 is 11.3 Å². The second kappa shape index (κ2) is 5.08. The highest BCUT2D eigenvalue weighted by atomic mass is 32.1. The highest BCUT2D eigenvalue weighted by Crippen LogP contribution is 2.34.